The Labute approximate surface area is 235 Å². The quantitative estimate of drug-likeness (QED) is 0.469. The Hall–Kier alpha value is -2.84. The van der Waals surface area contributed by atoms with Gasteiger partial charge in [0.25, 0.3) is 0 Å². The molecule has 2 aromatic carbocycles. The Kier molecular flexibility index (Phi) is 7.31. The van der Waals surface area contributed by atoms with Crippen molar-refractivity contribution < 1.29 is 19.5 Å². The summed E-state index contributed by atoms with van der Waals surface area (Å²) in [6.07, 6.45) is 1.85. The number of hydrogen-bond acceptors (Lipinski definition) is 5. The fourth-order valence-corrected chi connectivity index (χ4v) is 9.27. The zero-order chi connectivity index (χ0) is 28.0. The lowest BCUT2D eigenvalue weighted by atomic mass is 9.66. The van der Waals surface area contributed by atoms with Gasteiger partial charge in [-0.3, -0.25) is 14.4 Å². The number of aliphatic hydroxyl groups is 1. The highest BCUT2D eigenvalue weighted by molar-refractivity contribution is 8.02. The summed E-state index contributed by atoms with van der Waals surface area (Å²) >= 11 is 1.65. The molecule has 3 fully saturated rings. The fraction of sp³-hybridized carbons (Fsp3) is 0.516. The van der Waals surface area contributed by atoms with Gasteiger partial charge in [0.05, 0.1) is 29.2 Å². The molecule has 0 radical (unpaired) electrons. The molecule has 2 aromatic rings. The lowest BCUT2D eigenvalue weighted by Crippen LogP contribution is -2.59. The van der Waals surface area contributed by atoms with Gasteiger partial charge in [0.2, 0.25) is 17.7 Å². The lowest BCUT2D eigenvalue weighted by Gasteiger charge is -2.38. The molecular formula is C31H39N3O4S. The van der Waals surface area contributed by atoms with Crippen LogP contribution in [0.5, 0.6) is 0 Å². The summed E-state index contributed by atoms with van der Waals surface area (Å²) in [7, 11) is 0. The Morgan fingerprint density at radius 1 is 1.03 bits per heavy atom. The maximum atomic E-state index is 14.4. The third-order valence-corrected chi connectivity index (χ3v) is 10.5. The lowest BCUT2D eigenvalue weighted by molar-refractivity contribution is -0.143. The van der Waals surface area contributed by atoms with Crippen molar-refractivity contribution >= 4 is 29.5 Å². The number of likely N-dealkylation sites (tertiary alicyclic amines) is 1. The second kappa shape index (κ2) is 10.3. The van der Waals surface area contributed by atoms with E-state index in [9.17, 15) is 19.5 Å². The van der Waals surface area contributed by atoms with Crippen molar-refractivity contribution in [1.29, 1.82) is 0 Å². The van der Waals surface area contributed by atoms with E-state index in [1.54, 1.807) is 16.7 Å². The van der Waals surface area contributed by atoms with E-state index in [1.807, 2.05) is 81.4 Å². The van der Waals surface area contributed by atoms with Crippen LogP contribution in [0, 0.1) is 11.8 Å². The van der Waals surface area contributed by atoms with Crippen LogP contribution in [0.3, 0.4) is 0 Å². The Morgan fingerprint density at radius 3 is 2.23 bits per heavy atom. The van der Waals surface area contributed by atoms with Gasteiger partial charge < -0.3 is 20.6 Å². The molecule has 1 spiro atoms. The van der Waals surface area contributed by atoms with Gasteiger partial charge >= 0.3 is 0 Å². The van der Waals surface area contributed by atoms with Crippen LogP contribution in [0.25, 0.3) is 0 Å². The average molecular weight is 550 g/mol. The van der Waals surface area contributed by atoms with Crippen molar-refractivity contribution in [1.82, 2.24) is 15.5 Å². The highest BCUT2D eigenvalue weighted by Crippen LogP contribution is 2.71. The van der Waals surface area contributed by atoms with Crippen LogP contribution in [0.2, 0.25) is 0 Å². The molecular weight excluding hydrogens is 510 g/mol. The zero-order valence-electron chi connectivity index (χ0n) is 23.1. The van der Waals surface area contributed by atoms with E-state index in [1.165, 1.54) is 0 Å². The monoisotopic (exact) mass is 549 g/mol. The Balaban J connectivity index is 1.51. The average Bonchev–Trinajstić information content (AvgIpc) is 3.47. The third-order valence-electron chi connectivity index (χ3n) is 8.47. The molecule has 208 valence electrons. The normalized spacial score (nSPS) is 30.2. The second-order valence-electron chi connectivity index (χ2n) is 12.4. The van der Waals surface area contributed by atoms with Gasteiger partial charge in [-0.15, -0.1) is 11.8 Å². The summed E-state index contributed by atoms with van der Waals surface area (Å²) in [4.78, 5) is 43.9. The molecule has 3 N–H and O–H groups in total. The standard InChI is InChI=1S/C31H39N3O4S/c1-29(2,3)33-27(37)25-31-16-15-30(4,39-31)23(26(36)32-18-21-13-9-6-10-14-21)24(31)28(38)34(25)22(19-35)17-20-11-7-5-8-12-20/h5-14,22-25,35H,15-19H2,1-4H3,(H,32,36)(H,33,37)/t22-,23-,24+,25?,30+,31?/m1/s1. The molecule has 8 heteroatoms. The van der Waals surface area contributed by atoms with Crippen molar-refractivity contribution in [3.8, 4) is 0 Å². The highest BCUT2D eigenvalue weighted by atomic mass is 32.2. The van der Waals surface area contributed by atoms with E-state index in [0.29, 0.717) is 19.4 Å². The van der Waals surface area contributed by atoms with Crippen LogP contribution in [-0.4, -0.2) is 61.5 Å². The first-order valence-electron chi connectivity index (χ1n) is 13.8. The number of fused-ring (bicyclic) bond motifs is 1. The zero-order valence-corrected chi connectivity index (χ0v) is 24.0. The molecule has 0 saturated carbocycles. The topological polar surface area (TPSA) is 98.7 Å². The van der Waals surface area contributed by atoms with Crippen molar-refractivity contribution in [2.75, 3.05) is 6.61 Å². The van der Waals surface area contributed by atoms with Crippen LogP contribution in [-0.2, 0) is 27.3 Å². The molecule has 6 atom stereocenters. The number of hydrogen-bond donors (Lipinski definition) is 3. The summed E-state index contributed by atoms with van der Waals surface area (Å²) in [6, 6.07) is 18.1. The first-order valence-corrected chi connectivity index (χ1v) is 14.6. The minimum absolute atomic E-state index is 0.144. The van der Waals surface area contributed by atoms with Gasteiger partial charge in [-0.25, -0.2) is 0 Å². The molecule has 7 nitrogen and oxygen atoms in total. The van der Waals surface area contributed by atoms with E-state index in [2.05, 4.69) is 17.6 Å². The fourth-order valence-electron chi connectivity index (χ4n) is 6.93. The van der Waals surface area contributed by atoms with Crippen LogP contribution < -0.4 is 10.6 Å². The maximum Gasteiger partial charge on any atom is 0.244 e. The van der Waals surface area contributed by atoms with Crippen molar-refractivity contribution in [3.05, 3.63) is 71.8 Å². The van der Waals surface area contributed by atoms with Gasteiger partial charge in [-0.2, -0.15) is 0 Å². The van der Waals surface area contributed by atoms with Gasteiger partial charge in [0.15, 0.2) is 0 Å². The number of amides is 3. The Morgan fingerprint density at radius 2 is 1.64 bits per heavy atom. The molecule has 3 aliphatic rings. The minimum Gasteiger partial charge on any atom is -0.394 e. The molecule has 3 heterocycles. The maximum absolute atomic E-state index is 14.4. The number of rotatable bonds is 8. The van der Waals surface area contributed by atoms with Crippen LogP contribution in [0.1, 0.15) is 51.7 Å². The first-order chi connectivity index (χ1) is 18.5. The number of thioether (sulfide) groups is 1. The number of nitrogens with zero attached hydrogens (tertiary/aromatic N) is 1. The van der Waals surface area contributed by atoms with Crippen LogP contribution >= 0.6 is 11.8 Å². The molecule has 3 amide bonds. The SMILES string of the molecule is CC(C)(C)NC(=O)C1N([C@@H](CO)Cc2ccccc2)C(=O)[C@@H]2[C@H](C(=O)NCc3ccccc3)[C@]3(C)CCC12S3. The summed E-state index contributed by atoms with van der Waals surface area (Å²) in [5.74, 6) is -1.74. The van der Waals surface area contributed by atoms with Crippen LogP contribution in [0.15, 0.2) is 60.7 Å². The van der Waals surface area contributed by atoms with Crippen molar-refractivity contribution in [2.45, 2.75) is 80.6 Å². The summed E-state index contributed by atoms with van der Waals surface area (Å²) < 4.78 is -1.17. The van der Waals surface area contributed by atoms with E-state index < -0.39 is 39.0 Å². The van der Waals surface area contributed by atoms with E-state index in [4.69, 9.17) is 0 Å². The largest absolute Gasteiger partial charge is 0.394 e. The predicted octanol–water partition coefficient (Wildman–Crippen LogP) is 3.30. The van der Waals surface area contributed by atoms with E-state index in [0.717, 1.165) is 17.5 Å². The summed E-state index contributed by atoms with van der Waals surface area (Å²) in [5.41, 5.74) is 1.48. The first kappa shape index (κ1) is 27.7. The number of benzene rings is 2. The number of carbonyl (C=O) groups excluding carboxylic acids is 3. The van der Waals surface area contributed by atoms with Crippen molar-refractivity contribution in [2.24, 2.45) is 11.8 Å². The minimum atomic E-state index is -0.770. The summed E-state index contributed by atoms with van der Waals surface area (Å²) in [6.45, 7) is 7.96. The molecule has 2 bridgehead atoms. The second-order valence-corrected chi connectivity index (χ2v) is 14.3. The Bertz CT molecular complexity index is 1230. The molecule has 0 aliphatic carbocycles. The van der Waals surface area contributed by atoms with E-state index >= 15 is 0 Å². The van der Waals surface area contributed by atoms with Gasteiger partial charge in [-0.05, 0) is 58.1 Å². The van der Waals surface area contributed by atoms with E-state index in [-0.39, 0.29) is 24.3 Å². The molecule has 3 aliphatic heterocycles. The molecule has 3 saturated heterocycles. The van der Waals surface area contributed by atoms with Gasteiger partial charge in [0, 0.05) is 16.8 Å². The van der Waals surface area contributed by atoms with Crippen LogP contribution in [0.4, 0.5) is 0 Å². The molecule has 5 rings (SSSR count). The predicted molar refractivity (Wildman–Crippen MR) is 153 cm³/mol. The molecule has 39 heavy (non-hydrogen) atoms. The smallest absolute Gasteiger partial charge is 0.244 e. The number of nitrogens with one attached hydrogen (secondary N) is 2. The van der Waals surface area contributed by atoms with Crippen molar-refractivity contribution in [3.63, 3.8) is 0 Å². The van der Waals surface area contributed by atoms with Gasteiger partial charge in [0.1, 0.15) is 6.04 Å². The molecule has 0 aromatic heterocycles. The number of carbonyl (C=O) groups is 3. The molecule has 2 unspecified atom stereocenters. The third kappa shape index (κ3) is 4.97. The highest BCUT2D eigenvalue weighted by Gasteiger charge is 2.77. The summed E-state index contributed by atoms with van der Waals surface area (Å²) in [5, 5.41) is 16.8. The van der Waals surface area contributed by atoms with Gasteiger partial charge in [-0.1, -0.05) is 60.7 Å². The number of aliphatic hydroxyl groups excluding tert-OH is 1.